The minimum atomic E-state index is -0.0937. The molecule has 0 fully saturated rings. The first-order chi connectivity index (χ1) is 12.7. The van der Waals surface area contributed by atoms with Crippen LogP contribution in [-0.2, 0) is 4.79 Å². The van der Waals surface area contributed by atoms with E-state index in [0.29, 0.717) is 43.2 Å². The second kappa shape index (κ2) is 10.2. The normalized spacial score (nSPS) is 10.1. The Bertz CT molecular complexity index is 700. The van der Waals surface area contributed by atoms with Crippen LogP contribution < -0.4 is 24.3 Å². The number of carbonyl (C=O) groups excluding carboxylic acids is 1. The van der Waals surface area contributed by atoms with E-state index in [1.807, 2.05) is 31.2 Å². The second-order valence-corrected chi connectivity index (χ2v) is 5.47. The van der Waals surface area contributed by atoms with Gasteiger partial charge in [-0.25, -0.2) is 0 Å². The molecule has 0 saturated heterocycles. The predicted molar refractivity (Wildman–Crippen MR) is 101 cm³/mol. The molecule has 0 radical (unpaired) electrons. The lowest BCUT2D eigenvalue weighted by molar-refractivity contribution is -0.116. The van der Waals surface area contributed by atoms with E-state index in [9.17, 15) is 4.79 Å². The van der Waals surface area contributed by atoms with Crippen LogP contribution in [0.3, 0.4) is 0 Å². The Hall–Kier alpha value is -2.89. The molecular formula is C20H25NO5. The molecule has 2 aromatic rings. The van der Waals surface area contributed by atoms with Crippen molar-refractivity contribution in [2.45, 2.75) is 19.8 Å². The van der Waals surface area contributed by atoms with Crippen molar-refractivity contribution in [3.05, 3.63) is 42.5 Å². The summed E-state index contributed by atoms with van der Waals surface area (Å²) in [6.45, 7) is 3.03. The van der Waals surface area contributed by atoms with Gasteiger partial charge in [0, 0.05) is 12.5 Å². The Morgan fingerprint density at radius 2 is 1.58 bits per heavy atom. The molecule has 1 amide bonds. The fraction of sp³-hybridized carbons (Fsp3) is 0.350. The van der Waals surface area contributed by atoms with Crippen LogP contribution in [0.15, 0.2) is 42.5 Å². The largest absolute Gasteiger partial charge is 0.497 e. The summed E-state index contributed by atoms with van der Waals surface area (Å²) in [6, 6.07) is 12.7. The fourth-order valence-electron chi connectivity index (χ4n) is 2.34. The molecule has 0 aromatic heterocycles. The van der Waals surface area contributed by atoms with Gasteiger partial charge in [0.05, 0.1) is 33.1 Å². The van der Waals surface area contributed by atoms with Crippen molar-refractivity contribution in [1.29, 1.82) is 0 Å². The molecule has 0 spiro atoms. The van der Waals surface area contributed by atoms with Crippen molar-refractivity contribution >= 4 is 11.6 Å². The van der Waals surface area contributed by atoms with E-state index in [4.69, 9.17) is 18.9 Å². The smallest absolute Gasteiger partial charge is 0.224 e. The van der Waals surface area contributed by atoms with E-state index < -0.39 is 0 Å². The first-order valence-corrected chi connectivity index (χ1v) is 8.53. The van der Waals surface area contributed by atoms with Gasteiger partial charge in [0.2, 0.25) is 5.91 Å². The van der Waals surface area contributed by atoms with Crippen molar-refractivity contribution < 1.29 is 23.7 Å². The monoisotopic (exact) mass is 359 g/mol. The summed E-state index contributed by atoms with van der Waals surface area (Å²) in [4.78, 5) is 12.1. The molecule has 1 N–H and O–H groups in total. The van der Waals surface area contributed by atoms with Crippen molar-refractivity contribution in [2.75, 3.05) is 32.8 Å². The standard InChI is InChI=1S/C20H25NO5/c1-4-25-15-7-9-16(10-8-15)26-13-5-6-20(22)21-18-12-11-17(23-2)14-19(18)24-3/h7-12,14H,4-6,13H2,1-3H3,(H,21,22). The number of methoxy groups -OCH3 is 2. The molecule has 0 unspecified atom stereocenters. The van der Waals surface area contributed by atoms with Crippen LogP contribution in [0.25, 0.3) is 0 Å². The first kappa shape index (κ1) is 19.4. The number of amides is 1. The molecule has 2 aromatic carbocycles. The molecule has 0 saturated carbocycles. The molecule has 26 heavy (non-hydrogen) atoms. The number of rotatable bonds is 10. The van der Waals surface area contributed by atoms with Crippen molar-refractivity contribution in [2.24, 2.45) is 0 Å². The minimum absolute atomic E-state index is 0.0937. The van der Waals surface area contributed by atoms with Crippen LogP contribution in [-0.4, -0.2) is 33.3 Å². The van der Waals surface area contributed by atoms with Crippen molar-refractivity contribution in [1.82, 2.24) is 0 Å². The van der Waals surface area contributed by atoms with E-state index in [1.54, 1.807) is 32.4 Å². The van der Waals surface area contributed by atoms with Gasteiger partial charge in [-0.2, -0.15) is 0 Å². The fourth-order valence-corrected chi connectivity index (χ4v) is 2.34. The summed E-state index contributed by atoms with van der Waals surface area (Å²) >= 11 is 0. The zero-order valence-corrected chi connectivity index (χ0v) is 15.4. The molecule has 0 aliphatic rings. The molecule has 140 valence electrons. The van der Waals surface area contributed by atoms with Crippen LogP contribution in [0.1, 0.15) is 19.8 Å². The third-order valence-corrected chi connectivity index (χ3v) is 3.63. The maximum atomic E-state index is 12.1. The summed E-state index contributed by atoms with van der Waals surface area (Å²) in [5, 5.41) is 2.84. The summed E-state index contributed by atoms with van der Waals surface area (Å²) in [7, 11) is 3.13. The maximum absolute atomic E-state index is 12.1. The van der Waals surface area contributed by atoms with E-state index in [0.717, 1.165) is 11.5 Å². The molecule has 0 aliphatic heterocycles. The van der Waals surface area contributed by atoms with Gasteiger partial charge in [0.25, 0.3) is 0 Å². The predicted octanol–water partition coefficient (Wildman–Crippen LogP) is 3.90. The van der Waals surface area contributed by atoms with E-state index >= 15 is 0 Å². The zero-order valence-electron chi connectivity index (χ0n) is 15.4. The molecule has 0 bridgehead atoms. The van der Waals surface area contributed by atoms with Gasteiger partial charge < -0.3 is 24.3 Å². The van der Waals surface area contributed by atoms with Gasteiger partial charge in [-0.15, -0.1) is 0 Å². The number of anilines is 1. The number of hydrogen-bond donors (Lipinski definition) is 1. The van der Waals surface area contributed by atoms with Crippen LogP contribution in [0.2, 0.25) is 0 Å². The van der Waals surface area contributed by atoms with Crippen LogP contribution >= 0.6 is 0 Å². The molecule has 6 heteroatoms. The Morgan fingerprint density at radius 1 is 0.923 bits per heavy atom. The van der Waals surface area contributed by atoms with Crippen molar-refractivity contribution in [3.8, 4) is 23.0 Å². The Morgan fingerprint density at radius 3 is 2.19 bits per heavy atom. The summed E-state index contributed by atoms with van der Waals surface area (Å²) in [6.07, 6.45) is 0.962. The SMILES string of the molecule is CCOc1ccc(OCCCC(=O)Nc2ccc(OC)cc2OC)cc1. The zero-order chi connectivity index (χ0) is 18.8. The average Bonchev–Trinajstić information content (AvgIpc) is 2.67. The highest BCUT2D eigenvalue weighted by atomic mass is 16.5. The Kier molecular flexibility index (Phi) is 7.61. The van der Waals surface area contributed by atoms with Gasteiger partial charge in [0.15, 0.2) is 0 Å². The average molecular weight is 359 g/mol. The minimum Gasteiger partial charge on any atom is -0.497 e. The van der Waals surface area contributed by atoms with E-state index in [-0.39, 0.29) is 5.91 Å². The van der Waals surface area contributed by atoms with Crippen LogP contribution in [0.4, 0.5) is 5.69 Å². The third kappa shape index (κ3) is 5.88. The molecular weight excluding hydrogens is 334 g/mol. The van der Waals surface area contributed by atoms with Crippen LogP contribution in [0.5, 0.6) is 23.0 Å². The third-order valence-electron chi connectivity index (χ3n) is 3.63. The summed E-state index contributed by atoms with van der Waals surface area (Å²) < 4.78 is 21.4. The molecule has 0 aliphatic carbocycles. The molecule has 0 heterocycles. The highest BCUT2D eigenvalue weighted by Crippen LogP contribution is 2.29. The number of hydrogen-bond acceptors (Lipinski definition) is 5. The lowest BCUT2D eigenvalue weighted by Crippen LogP contribution is -2.13. The lowest BCUT2D eigenvalue weighted by Gasteiger charge is -2.12. The highest BCUT2D eigenvalue weighted by Gasteiger charge is 2.09. The Labute approximate surface area is 154 Å². The molecule has 2 rings (SSSR count). The number of ether oxygens (including phenoxy) is 4. The maximum Gasteiger partial charge on any atom is 0.224 e. The lowest BCUT2D eigenvalue weighted by atomic mass is 10.2. The van der Waals surface area contributed by atoms with Crippen molar-refractivity contribution in [3.63, 3.8) is 0 Å². The topological polar surface area (TPSA) is 66.0 Å². The van der Waals surface area contributed by atoms with E-state index in [1.165, 1.54) is 0 Å². The van der Waals surface area contributed by atoms with Gasteiger partial charge in [-0.1, -0.05) is 0 Å². The second-order valence-electron chi connectivity index (χ2n) is 5.47. The number of nitrogens with one attached hydrogen (secondary N) is 1. The summed E-state index contributed by atoms with van der Waals surface area (Å²) in [5.41, 5.74) is 0.616. The first-order valence-electron chi connectivity index (χ1n) is 8.53. The Balaban J connectivity index is 1.75. The number of benzene rings is 2. The molecule has 0 atom stereocenters. The van der Waals surface area contributed by atoms with Gasteiger partial charge in [-0.3, -0.25) is 4.79 Å². The van der Waals surface area contributed by atoms with Gasteiger partial charge >= 0.3 is 0 Å². The summed E-state index contributed by atoms with van der Waals surface area (Å²) in [5.74, 6) is 2.70. The highest BCUT2D eigenvalue weighted by molar-refractivity contribution is 5.92. The molecule has 6 nitrogen and oxygen atoms in total. The van der Waals surface area contributed by atoms with Gasteiger partial charge in [0.1, 0.15) is 23.0 Å². The number of carbonyl (C=O) groups is 1. The van der Waals surface area contributed by atoms with E-state index in [2.05, 4.69) is 5.32 Å². The quantitative estimate of drug-likeness (QED) is 0.652. The van der Waals surface area contributed by atoms with Gasteiger partial charge in [-0.05, 0) is 49.7 Å². The van der Waals surface area contributed by atoms with Crippen LogP contribution in [0, 0.1) is 0 Å².